The van der Waals surface area contributed by atoms with Crippen molar-refractivity contribution in [1.29, 1.82) is 0 Å². The summed E-state index contributed by atoms with van der Waals surface area (Å²) in [4.78, 5) is 21.7. The summed E-state index contributed by atoms with van der Waals surface area (Å²) >= 11 is 1.33. The van der Waals surface area contributed by atoms with Crippen molar-refractivity contribution < 1.29 is 23.0 Å². The molecule has 2 aromatic rings. The first-order valence-electron chi connectivity index (χ1n) is 11.1. The van der Waals surface area contributed by atoms with Crippen molar-refractivity contribution in [3.63, 3.8) is 0 Å². The van der Waals surface area contributed by atoms with Crippen molar-refractivity contribution in [3.8, 4) is 11.5 Å². The van der Waals surface area contributed by atoms with Gasteiger partial charge in [0, 0.05) is 24.5 Å². The maximum absolute atomic E-state index is 12.7. The number of allylic oxidation sites excluding steroid dienone is 4. The Morgan fingerprint density at radius 3 is 2.50 bits per heavy atom. The van der Waals surface area contributed by atoms with Crippen LogP contribution in [0.3, 0.4) is 0 Å². The Hall–Kier alpha value is -2.66. The van der Waals surface area contributed by atoms with Gasteiger partial charge in [0.15, 0.2) is 21.5 Å². The molecular formula is C24H25N3O5S2. The predicted octanol–water partition coefficient (Wildman–Crippen LogP) is 3.44. The number of carbonyl (C=O) groups is 1. The molecule has 1 aromatic carbocycles. The Morgan fingerprint density at radius 2 is 1.79 bits per heavy atom. The van der Waals surface area contributed by atoms with Crippen molar-refractivity contribution >= 4 is 49.1 Å². The van der Waals surface area contributed by atoms with Gasteiger partial charge in [-0.15, -0.1) is 0 Å². The summed E-state index contributed by atoms with van der Waals surface area (Å²) in [6.45, 7) is 4.23. The number of aryl methyl sites for hydroxylation is 1. The van der Waals surface area contributed by atoms with Crippen LogP contribution in [-0.2, 0) is 14.8 Å². The van der Waals surface area contributed by atoms with Crippen LogP contribution in [0, 0.1) is 6.92 Å². The minimum atomic E-state index is -3.23. The number of aliphatic imine (C=N–C) groups is 1. The van der Waals surface area contributed by atoms with E-state index in [0.29, 0.717) is 42.6 Å². The van der Waals surface area contributed by atoms with Gasteiger partial charge in [-0.1, -0.05) is 11.8 Å². The SMILES string of the molecule is Cc1cc2cc3c(cc2nc1SCC(=O)N=C1C=CC(=S(=O)(O)N2CCCC2)C=C1)OCCO3. The third kappa shape index (κ3) is 4.76. The van der Waals surface area contributed by atoms with Gasteiger partial charge in [-0.25, -0.2) is 18.5 Å². The van der Waals surface area contributed by atoms with E-state index in [4.69, 9.17) is 14.5 Å². The van der Waals surface area contributed by atoms with E-state index >= 15 is 0 Å². The van der Waals surface area contributed by atoms with Crippen LogP contribution in [0.1, 0.15) is 18.4 Å². The largest absolute Gasteiger partial charge is 0.486 e. The summed E-state index contributed by atoms with van der Waals surface area (Å²) in [6, 6.07) is 5.81. The van der Waals surface area contributed by atoms with Gasteiger partial charge in [0.2, 0.25) is 0 Å². The number of fused-ring (bicyclic) bond motifs is 2. The van der Waals surface area contributed by atoms with Crippen LogP contribution in [0.4, 0.5) is 0 Å². The van der Waals surface area contributed by atoms with Gasteiger partial charge in [0.05, 0.1) is 21.8 Å². The number of aromatic nitrogens is 1. The fourth-order valence-electron chi connectivity index (χ4n) is 4.03. The van der Waals surface area contributed by atoms with E-state index in [2.05, 4.69) is 4.99 Å². The van der Waals surface area contributed by atoms with Crippen LogP contribution in [0.15, 0.2) is 52.5 Å². The first-order valence-corrected chi connectivity index (χ1v) is 13.6. The topological polar surface area (TPSA) is 101 Å². The van der Waals surface area contributed by atoms with Gasteiger partial charge in [0.25, 0.3) is 5.91 Å². The summed E-state index contributed by atoms with van der Waals surface area (Å²) in [5.41, 5.74) is 2.20. The minimum Gasteiger partial charge on any atom is -0.486 e. The van der Waals surface area contributed by atoms with Crippen molar-refractivity contribution in [3.05, 3.63) is 48.1 Å². The molecule has 178 valence electrons. The van der Waals surface area contributed by atoms with E-state index in [9.17, 15) is 13.6 Å². The highest BCUT2D eigenvalue weighted by Crippen LogP contribution is 2.35. The van der Waals surface area contributed by atoms with Gasteiger partial charge in [-0.3, -0.25) is 4.79 Å². The van der Waals surface area contributed by atoms with E-state index in [-0.39, 0.29) is 11.7 Å². The molecule has 10 heteroatoms. The lowest BCUT2D eigenvalue weighted by Gasteiger charge is -2.19. The number of benzene rings is 1. The molecule has 1 fully saturated rings. The molecule has 3 heterocycles. The zero-order valence-electron chi connectivity index (χ0n) is 18.7. The molecule has 1 aromatic heterocycles. The summed E-state index contributed by atoms with van der Waals surface area (Å²) in [5, 5.41) is 1.71. The van der Waals surface area contributed by atoms with Crippen LogP contribution < -0.4 is 9.47 Å². The molecule has 0 bridgehead atoms. The molecule has 1 N–H and O–H groups in total. The molecule has 1 atom stereocenters. The maximum atomic E-state index is 12.7. The summed E-state index contributed by atoms with van der Waals surface area (Å²) < 4.78 is 36.1. The zero-order chi connectivity index (χ0) is 23.7. The summed E-state index contributed by atoms with van der Waals surface area (Å²) in [6.07, 6.45) is 8.20. The van der Waals surface area contributed by atoms with Crippen molar-refractivity contribution in [2.75, 3.05) is 32.1 Å². The van der Waals surface area contributed by atoms with E-state index in [1.807, 2.05) is 25.1 Å². The van der Waals surface area contributed by atoms with Crippen LogP contribution in [0.2, 0.25) is 0 Å². The maximum Gasteiger partial charge on any atom is 0.256 e. The number of rotatable bonds is 4. The third-order valence-electron chi connectivity index (χ3n) is 5.77. The second-order valence-electron chi connectivity index (χ2n) is 8.22. The van der Waals surface area contributed by atoms with Gasteiger partial charge in [-0.05, 0) is 61.8 Å². The van der Waals surface area contributed by atoms with E-state index in [1.54, 1.807) is 28.6 Å². The third-order valence-corrected chi connectivity index (χ3v) is 8.80. The monoisotopic (exact) mass is 499 g/mol. The van der Waals surface area contributed by atoms with E-state index in [0.717, 1.165) is 40.1 Å². The quantitative estimate of drug-likeness (QED) is 0.508. The number of hydrogen-bond donors (Lipinski definition) is 1. The second kappa shape index (κ2) is 9.53. The minimum absolute atomic E-state index is 0.135. The molecule has 1 unspecified atom stereocenters. The van der Waals surface area contributed by atoms with Crippen LogP contribution >= 0.6 is 11.8 Å². The van der Waals surface area contributed by atoms with E-state index in [1.165, 1.54) is 11.8 Å². The van der Waals surface area contributed by atoms with Crippen molar-refractivity contribution in [2.24, 2.45) is 4.99 Å². The predicted molar refractivity (Wildman–Crippen MR) is 136 cm³/mol. The lowest BCUT2D eigenvalue weighted by Crippen LogP contribution is -2.32. The Labute approximate surface area is 202 Å². The fraction of sp³-hybridized carbons (Fsp3) is 0.333. The van der Waals surface area contributed by atoms with Crippen LogP contribution in [0.5, 0.6) is 11.5 Å². The van der Waals surface area contributed by atoms with Crippen LogP contribution in [-0.4, -0.2) is 66.6 Å². The molecule has 5 rings (SSSR count). The molecule has 3 aliphatic rings. The molecule has 1 aliphatic carbocycles. The number of nitrogens with zero attached hydrogens (tertiary/aromatic N) is 3. The molecule has 1 saturated heterocycles. The van der Waals surface area contributed by atoms with Gasteiger partial charge in [0.1, 0.15) is 18.2 Å². The number of carbonyl (C=O) groups excluding carboxylic acids is 1. The zero-order valence-corrected chi connectivity index (χ0v) is 20.4. The molecule has 0 saturated carbocycles. The molecule has 0 radical (unpaired) electrons. The van der Waals surface area contributed by atoms with E-state index < -0.39 is 9.99 Å². The lowest BCUT2D eigenvalue weighted by atomic mass is 10.1. The molecule has 1 amide bonds. The summed E-state index contributed by atoms with van der Waals surface area (Å²) in [7, 11) is -3.23. The lowest BCUT2D eigenvalue weighted by molar-refractivity contribution is -0.115. The highest BCUT2D eigenvalue weighted by Gasteiger charge is 2.23. The highest BCUT2D eigenvalue weighted by molar-refractivity contribution is 8.00. The average molecular weight is 500 g/mol. The Morgan fingerprint density at radius 1 is 1.12 bits per heavy atom. The fourth-order valence-corrected chi connectivity index (χ4v) is 6.35. The Balaban J connectivity index is 1.27. The van der Waals surface area contributed by atoms with Gasteiger partial charge < -0.3 is 14.0 Å². The van der Waals surface area contributed by atoms with Crippen LogP contribution in [0.25, 0.3) is 10.9 Å². The highest BCUT2D eigenvalue weighted by atomic mass is 32.2. The Bertz CT molecular complexity index is 1350. The normalized spacial score (nSPS) is 19.5. The second-order valence-corrected chi connectivity index (χ2v) is 11.2. The number of hydrogen-bond acceptors (Lipinski definition) is 6. The summed E-state index contributed by atoms with van der Waals surface area (Å²) in [5.74, 6) is 1.23. The standard InChI is InChI=1S/C24H25N3O5S2/c1-16-12-17-13-21-22(32-11-10-31-21)14-20(17)26-24(16)33-15-23(28)25-18-4-6-19(7-5-18)34(29,30)27-8-2-3-9-27/h4-7,12-14H,2-3,8-11,15H2,1H3,(H,29,30). The van der Waals surface area contributed by atoms with Gasteiger partial charge >= 0.3 is 0 Å². The number of amides is 1. The number of thioether (sulfide) groups is 1. The number of pyridine rings is 1. The van der Waals surface area contributed by atoms with Crippen molar-refractivity contribution in [1.82, 2.24) is 9.29 Å². The smallest absolute Gasteiger partial charge is 0.256 e. The molecule has 2 aliphatic heterocycles. The first-order chi connectivity index (χ1) is 16.4. The van der Waals surface area contributed by atoms with Crippen molar-refractivity contribution in [2.45, 2.75) is 24.8 Å². The first kappa shape index (κ1) is 23.1. The molecule has 8 nitrogen and oxygen atoms in total. The number of ether oxygens (including phenoxy) is 2. The molecule has 0 spiro atoms. The van der Waals surface area contributed by atoms with Gasteiger partial charge in [-0.2, -0.15) is 0 Å². The molecular weight excluding hydrogens is 474 g/mol. The average Bonchev–Trinajstić information content (AvgIpc) is 3.38. The molecule has 34 heavy (non-hydrogen) atoms. The Kier molecular flexibility index (Phi) is 6.48.